The monoisotopic (exact) mass is 582 g/mol. The van der Waals surface area contributed by atoms with Crippen molar-refractivity contribution >= 4 is 11.9 Å². The molecule has 4 aliphatic carbocycles. The molecule has 7 heteroatoms. The lowest BCUT2D eigenvalue weighted by Gasteiger charge is -2.54. The smallest absolute Gasteiger partial charge is 0.418 e. The Bertz CT molecular complexity index is 1170. The van der Waals surface area contributed by atoms with Crippen molar-refractivity contribution in [2.45, 2.75) is 117 Å². The molecule has 3 saturated carbocycles. The van der Waals surface area contributed by atoms with Gasteiger partial charge in [-0.25, -0.2) is 9.59 Å². The van der Waals surface area contributed by atoms with Gasteiger partial charge in [0, 0.05) is 0 Å². The minimum absolute atomic E-state index is 0.0374. The molecule has 12 atom stereocenters. The van der Waals surface area contributed by atoms with Gasteiger partial charge in [-0.2, -0.15) is 0 Å². The fourth-order valence-corrected chi connectivity index (χ4v) is 9.01. The minimum Gasteiger partial charge on any atom is -0.447 e. The average Bonchev–Trinajstić information content (AvgIpc) is 3.32. The van der Waals surface area contributed by atoms with Crippen LogP contribution in [0, 0.1) is 46.3 Å². The number of hydrogen-bond acceptors (Lipinski definition) is 7. The molecule has 0 aromatic carbocycles. The second kappa shape index (κ2) is 11.2. The van der Waals surface area contributed by atoms with Crippen molar-refractivity contribution in [1.29, 1.82) is 0 Å². The number of carbonyl (C=O) groups is 2. The predicted octanol–water partition coefficient (Wildman–Crippen LogP) is 5.91. The summed E-state index contributed by atoms with van der Waals surface area (Å²) in [7, 11) is 0. The van der Waals surface area contributed by atoms with E-state index in [1.54, 1.807) is 5.57 Å². The molecule has 12 unspecified atom stereocenters. The number of fused-ring (bicyclic) bond motifs is 6. The number of carbonyl (C=O) groups excluding carboxylic acids is 2. The van der Waals surface area contributed by atoms with Gasteiger partial charge in [0.15, 0.2) is 18.5 Å². The molecule has 2 aliphatic heterocycles. The van der Waals surface area contributed by atoms with Crippen molar-refractivity contribution < 1.29 is 33.6 Å². The molecule has 0 radical (unpaired) electrons. The van der Waals surface area contributed by atoms with Crippen LogP contribution >= 0.6 is 0 Å². The van der Waals surface area contributed by atoms with Crippen LogP contribution in [0.15, 0.2) is 35.5 Å². The molecule has 0 spiro atoms. The highest BCUT2D eigenvalue weighted by Gasteiger charge is 2.56. The molecule has 1 N–H and O–H groups in total. The minimum atomic E-state index is -1.08. The zero-order chi connectivity index (χ0) is 30.0. The topological polar surface area (TPSA) is 91.3 Å². The molecule has 2 heterocycles. The maximum atomic E-state index is 11.9. The van der Waals surface area contributed by atoms with Crippen LogP contribution in [0.3, 0.4) is 0 Å². The van der Waals surface area contributed by atoms with Crippen LogP contribution in [0.1, 0.15) is 86.5 Å². The fourth-order valence-electron chi connectivity index (χ4n) is 9.01. The molecular weight excluding hydrogens is 532 g/mol. The molecule has 0 aromatic rings. The number of hydrogen-bond donors (Lipinski definition) is 1. The summed E-state index contributed by atoms with van der Waals surface area (Å²) in [6.07, 6.45) is 13.7. The largest absolute Gasteiger partial charge is 0.447 e. The lowest BCUT2D eigenvalue weighted by molar-refractivity contribution is -0.300. The first-order valence-corrected chi connectivity index (χ1v) is 16.4. The summed E-state index contributed by atoms with van der Waals surface area (Å²) >= 11 is 0. The molecule has 42 heavy (non-hydrogen) atoms. The van der Waals surface area contributed by atoms with Gasteiger partial charge >= 0.3 is 11.9 Å². The molecule has 7 nitrogen and oxygen atoms in total. The number of ether oxygens (including phenoxy) is 4. The third-order valence-electron chi connectivity index (χ3n) is 12.2. The van der Waals surface area contributed by atoms with E-state index in [9.17, 15) is 14.7 Å². The first-order valence-electron chi connectivity index (χ1n) is 16.4. The lowest BCUT2D eigenvalue weighted by atomic mass is 9.51. The Hall–Kier alpha value is -1.96. The van der Waals surface area contributed by atoms with E-state index < -0.39 is 36.5 Å². The van der Waals surface area contributed by atoms with Crippen LogP contribution in [0.5, 0.6) is 0 Å². The SMILES string of the molecule is CC(C)C(C)/C=C/C(C)C1CC2C3=CC=C4CC(OC5OCC(O)C6OC(=O)C(=O)OC56)CCC4(C)C3CCC2(C)C1. The van der Waals surface area contributed by atoms with Crippen LogP contribution in [-0.2, 0) is 28.5 Å². The van der Waals surface area contributed by atoms with Gasteiger partial charge in [0.25, 0.3) is 0 Å². The van der Waals surface area contributed by atoms with Gasteiger partial charge < -0.3 is 24.1 Å². The van der Waals surface area contributed by atoms with Gasteiger partial charge in [0.2, 0.25) is 0 Å². The number of aliphatic hydroxyl groups excluding tert-OH is 1. The first-order chi connectivity index (χ1) is 19.9. The molecule has 232 valence electrons. The van der Waals surface area contributed by atoms with Crippen LogP contribution < -0.4 is 0 Å². The number of esters is 2. The summed E-state index contributed by atoms with van der Waals surface area (Å²) in [5.74, 6) is 1.73. The normalized spacial score (nSPS) is 44.7. The van der Waals surface area contributed by atoms with E-state index in [0.29, 0.717) is 35.0 Å². The van der Waals surface area contributed by atoms with Gasteiger partial charge in [-0.15, -0.1) is 0 Å². The summed E-state index contributed by atoms with van der Waals surface area (Å²) < 4.78 is 22.6. The molecule has 0 bridgehead atoms. The van der Waals surface area contributed by atoms with Gasteiger partial charge in [-0.1, -0.05) is 77.0 Å². The number of allylic oxidation sites excluding steroid dienone is 5. The summed E-state index contributed by atoms with van der Waals surface area (Å²) in [6, 6.07) is 0. The molecule has 6 rings (SSSR count). The summed E-state index contributed by atoms with van der Waals surface area (Å²) in [4.78, 5) is 23.6. The van der Waals surface area contributed by atoms with Gasteiger partial charge in [0.05, 0.1) is 12.7 Å². The molecular formula is C35H50O7. The first kappa shape index (κ1) is 30.1. The number of rotatable bonds is 6. The van der Waals surface area contributed by atoms with E-state index in [1.165, 1.54) is 31.3 Å². The quantitative estimate of drug-likeness (QED) is 0.237. The van der Waals surface area contributed by atoms with Crippen molar-refractivity contribution in [2.24, 2.45) is 46.3 Å². The summed E-state index contributed by atoms with van der Waals surface area (Å²) in [5, 5.41) is 10.3. The molecule has 0 aromatic heterocycles. The van der Waals surface area contributed by atoms with E-state index >= 15 is 0 Å². The van der Waals surface area contributed by atoms with Crippen LogP contribution in [0.4, 0.5) is 0 Å². The summed E-state index contributed by atoms with van der Waals surface area (Å²) in [5.41, 5.74) is 3.64. The zero-order valence-corrected chi connectivity index (χ0v) is 26.2. The van der Waals surface area contributed by atoms with Crippen molar-refractivity contribution in [3.8, 4) is 0 Å². The van der Waals surface area contributed by atoms with Crippen molar-refractivity contribution in [2.75, 3.05) is 6.61 Å². The second-order valence-corrected chi connectivity index (χ2v) is 15.1. The van der Waals surface area contributed by atoms with E-state index in [-0.39, 0.29) is 18.1 Å². The van der Waals surface area contributed by atoms with Gasteiger partial charge in [0.1, 0.15) is 6.10 Å². The molecule has 0 amide bonds. The Labute approximate surface area is 251 Å². The predicted molar refractivity (Wildman–Crippen MR) is 158 cm³/mol. The van der Waals surface area contributed by atoms with E-state index in [4.69, 9.17) is 18.9 Å². The van der Waals surface area contributed by atoms with E-state index in [1.807, 2.05) is 0 Å². The Kier molecular flexibility index (Phi) is 8.02. The maximum Gasteiger partial charge on any atom is 0.418 e. The maximum absolute atomic E-state index is 11.9. The standard InChI is InChI=1S/C35H50O7/c1-19(2)20(3)7-8-21(4)22-15-27-25-10-9-23-16-24(11-14-35(23,6)26(25)12-13-34(27,5)17-22)40-33-30-29(28(36)18-39-33)41-31(37)32(38)42-30/h7-10,19-22,24,26-30,33,36H,11-18H2,1-6H3/b8-7+. The molecule has 6 aliphatic rings. The Balaban J connectivity index is 1.15. The fraction of sp³-hybridized carbons (Fsp3) is 0.771. The molecule has 5 fully saturated rings. The Morgan fingerprint density at radius 3 is 2.45 bits per heavy atom. The zero-order valence-electron chi connectivity index (χ0n) is 26.2. The lowest BCUT2D eigenvalue weighted by Crippen LogP contribution is -2.61. The third-order valence-corrected chi connectivity index (χ3v) is 12.2. The van der Waals surface area contributed by atoms with E-state index in [0.717, 1.165) is 25.2 Å². The number of aliphatic hydroxyl groups is 1. The summed E-state index contributed by atoms with van der Waals surface area (Å²) in [6.45, 7) is 14.3. The van der Waals surface area contributed by atoms with Crippen LogP contribution in [0.2, 0.25) is 0 Å². The average molecular weight is 583 g/mol. The van der Waals surface area contributed by atoms with Gasteiger partial charge in [-0.05, 0) is 91.3 Å². The highest BCUT2D eigenvalue weighted by Crippen LogP contribution is 2.65. The van der Waals surface area contributed by atoms with Gasteiger partial charge in [-0.3, -0.25) is 0 Å². The second-order valence-electron chi connectivity index (χ2n) is 15.1. The highest BCUT2D eigenvalue weighted by atomic mass is 16.7. The van der Waals surface area contributed by atoms with Crippen LogP contribution in [0.25, 0.3) is 0 Å². The van der Waals surface area contributed by atoms with Crippen LogP contribution in [-0.4, -0.2) is 54.4 Å². The Morgan fingerprint density at radius 2 is 1.71 bits per heavy atom. The highest BCUT2D eigenvalue weighted by molar-refractivity contribution is 6.30. The van der Waals surface area contributed by atoms with Crippen molar-refractivity contribution in [3.05, 3.63) is 35.5 Å². The van der Waals surface area contributed by atoms with Crippen molar-refractivity contribution in [3.63, 3.8) is 0 Å². The van der Waals surface area contributed by atoms with Crippen molar-refractivity contribution in [1.82, 2.24) is 0 Å². The third kappa shape index (κ3) is 5.21. The van der Waals surface area contributed by atoms with E-state index in [2.05, 4.69) is 65.8 Å². The molecule has 2 saturated heterocycles. The Morgan fingerprint density at radius 1 is 0.976 bits per heavy atom.